The maximum Gasteiger partial charge on any atom is 0.0341 e. The predicted molar refractivity (Wildman–Crippen MR) is 58.3 cm³/mol. The van der Waals surface area contributed by atoms with Crippen LogP contribution in [0.15, 0.2) is 18.2 Å². The van der Waals surface area contributed by atoms with Crippen LogP contribution in [-0.2, 0) is 13.1 Å². The number of rotatable bonds is 2. The summed E-state index contributed by atoms with van der Waals surface area (Å²) < 4.78 is 0. The molecule has 0 aromatic heterocycles. The Balaban J connectivity index is 1.86. The highest BCUT2D eigenvalue weighted by Gasteiger charge is 2.32. The van der Waals surface area contributed by atoms with Crippen LogP contribution < -0.4 is 5.32 Å². The molecule has 1 saturated carbocycles. The molecule has 1 aromatic carbocycles. The molecule has 1 aromatic rings. The SMILES string of the molecule is CNc1ccc2c(c1)CN(C1CC1)C2. The van der Waals surface area contributed by atoms with E-state index in [9.17, 15) is 0 Å². The zero-order chi connectivity index (χ0) is 9.54. The first-order valence-electron chi connectivity index (χ1n) is 5.40. The van der Waals surface area contributed by atoms with Crippen molar-refractivity contribution in [3.63, 3.8) is 0 Å². The van der Waals surface area contributed by atoms with Crippen LogP contribution in [0.4, 0.5) is 5.69 Å². The number of nitrogens with zero attached hydrogens (tertiary/aromatic N) is 1. The molecule has 3 rings (SSSR count). The van der Waals surface area contributed by atoms with Gasteiger partial charge in [0.1, 0.15) is 0 Å². The van der Waals surface area contributed by atoms with Crippen LogP contribution in [0.1, 0.15) is 24.0 Å². The molecule has 0 spiro atoms. The number of nitrogens with one attached hydrogen (secondary N) is 1. The fourth-order valence-electron chi connectivity index (χ4n) is 2.27. The minimum atomic E-state index is 0.889. The molecule has 2 aliphatic rings. The van der Waals surface area contributed by atoms with Gasteiger partial charge in [-0.05, 0) is 36.1 Å². The molecule has 0 atom stereocenters. The van der Waals surface area contributed by atoms with E-state index in [0.717, 1.165) is 12.6 Å². The van der Waals surface area contributed by atoms with E-state index in [1.54, 1.807) is 0 Å². The molecular formula is C12H16N2. The van der Waals surface area contributed by atoms with E-state index in [-0.39, 0.29) is 0 Å². The second kappa shape index (κ2) is 2.99. The van der Waals surface area contributed by atoms with Gasteiger partial charge in [0.25, 0.3) is 0 Å². The van der Waals surface area contributed by atoms with Gasteiger partial charge in [0, 0.05) is 31.9 Å². The van der Waals surface area contributed by atoms with Crippen molar-refractivity contribution in [2.75, 3.05) is 12.4 Å². The fraction of sp³-hybridized carbons (Fsp3) is 0.500. The average molecular weight is 188 g/mol. The smallest absolute Gasteiger partial charge is 0.0341 e. The molecule has 0 radical (unpaired) electrons. The summed E-state index contributed by atoms with van der Waals surface area (Å²) in [7, 11) is 1.98. The molecule has 2 heteroatoms. The average Bonchev–Trinajstić information content (AvgIpc) is 2.97. The standard InChI is InChI=1S/C12H16N2/c1-13-11-3-2-9-7-14(12-4-5-12)8-10(9)6-11/h2-3,6,12-13H,4-5,7-8H2,1H3. The first kappa shape index (κ1) is 8.30. The summed E-state index contributed by atoms with van der Waals surface area (Å²) in [5.74, 6) is 0. The van der Waals surface area contributed by atoms with Crippen LogP contribution in [0, 0.1) is 0 Å². The lowest BCUT2D eigenvalue weighted by Crippen LogP contribution is -2.18. The Morgan fingerprint density at radius 1 is 1.21 bits per heavy atom. The molecule has 74 valence electrons. The Hall–Kier alpha value is -1.02. The summed E-state index contributed by atoms with van der Waals surface area (Å²) in [5.41, 5.74) is 4.28. The summed E-state index contributed by atoms with van der Waals surface area (Å²) >= 11 is 0. The zero-order valence-electron chi connectivity index (χ0n) is 8.59. The van der Waals surface area contributed by atoms with E-state index in [0.29, 0.717) is 0 Å². The lowest BCUT2D eigenvalue weighted by atomic mass is 10.1. The van der Waals surface area contributed by atoms with Crippen LogP contribution >= 0.6 is 0 Å². The minimum Gasteiger partial charge on any atom is -0.388 e. The van der Waals surface area contributed by atoms with E-state index in [4.69, 9.17) is 0 Å². The maximum absolute atomic E-state index is 3.20. The molecule has 1 aliphatic heterocycles. The second-order valence-electron chi connectivity index (χ2n) is 4.37. The summed E-state index contributed by atoms with van der Waals surface area (Å²) in [5, 5.41) is 3.20. The van der Waals surface area contributed by atoms with Gasteiger partial charge in [-0.25, -0.2) is 0 Å². The van der Waals surface area contributed by atoms with Gasteiger partial charge in [0.2, 0.25) is 0 Å². The Labute approximate surface area is 84.9 Å². The van der Waals surface area contributed by atoms with Crippen molar-refractivity contribution in [1.82, 2.24) is 4.90 Å². The molecule has 1 N–H and O–H groups in total. The molecule has 1 fully saturated rings. The molecule has 0 bridgehead atoms. The van der Waals surface area contributed by atoms with Gasteiger partial charge < -0.3 is 5.32 Å². The monoisotopic (exact) mass is 188 g/mol. The highest BCUT2D eigenvalue weighted by molar-refractivity contribution is 5.49. The largest absolute Gasteiger partial charge is 0.388 e. The molecule has 14 heavy (non-hydrogen) atoms. The van der Waals surface area contributed by atoms with Crippen LogP contribution in [0.3, 0.4) is 0 Å². The Morgan fingerprint density at radius 2 is 2.00 bits per heavy atom. The highest BCUT2D eigenvalue weighted by atomic mass is 15.2. The van der Waals surface area contributed by atoms with Gasteiger partial charge in [0.15, 0.2) is 0 Å². The number of benzene rings is 1. The number of hydrogen-bond acceptors (Lipinski definition) is 2. The molecule has 0 amide bonds. The van der Waals surface area contributed by atoms with Crippen molar-refractivity contribution >= 4 is 5.69 Å². The van der Waals surface area contributed by atoms with E-state index >= 15 is 0 Å². The molecule has 1 heterocycles. The maximum atomic E-state index is 3.20. The number of anilines is 1. The van der Waals surface area contributed by atoms with Gasteiger partial charge in [-0.1, -0.05) is 6.07 Å². The summed E-state index contributed by atoms with van der Waals surface area (Å²) in [6.45, 7) is 2.33. The van der Waals surface area contributed by atoms with Gasteiger partial charge in [-0.2, -0.15) is 0 Å². The Kier molecular flexibility index (Phi) is 1.77. The third-order valence-electron chi connectivity index (χ3n) is 3.31. The normalized spacial score (nSPS) is 20.9. The lowest BCUT2D eigenvalue weighted by molar-refractivity contribution is 0.273. The van der Waals surface area contributed by atoms with Crippen molar-refractivity contribution in [1.29, 1.82) is 0 Å². The minimum absolute atomic E-state index is 0.889. The van der Waals surface area contributed by atoms with Gasteiger partial charge in [-0.15, -0.1) is 0 Å². The van der Waals surface area contributed by atoms with Crippen molar-refractivity contribution in [3.8, 4) is 0 Å². The molecule has 2 nitrogen and oxygen atoms in total. The van der Waals surface area contributed by atoms with Crippen LogP contribution in [-0.4, -0.2) is 18.0 Å². The van der Waals surface area contributed by atoms with E-state index < -0.39 is 0 Å². The van der Waals surface area contributed by atoms with Gasteiger partial charge in [-0.3, -0.25) is 4.90 Å². The van der Waals surface area contributed by atoms with Crippen molar-refractivity contribution < 1.29 is 0 Å². The lowest BCUT2D eigenvalue weighted by Gasteiger charge is -2.11. The van der Waals surface area contributed by atoms with Crippen molar-refractivity contribution in [2.45, 2.75) is 32.0 Å². The molecule has 0 saturated heterocycles. The van der Waals surface area contributed by atoms with Crippen LogP contribution in [0.2, 0.25) is 0 Å². The first-order valence-corrected chi connectivity index (χ1v) is 5.40. The predicted octanol–water partition coefficient (Wildman–Crippen LogP) is 2.21. The van der Waals surface area contributed by atoms with Crippen molar-refractivity contribution in [2.24, 2.45) is 0 Å². The van der Waals surface area contributed by atoms with Crippen LogP contribution in [0.5, 0.6) is 0 Å². The van der Waals surface area contributed by atoms with E-state index in [1.807, 2.05) is 7.05 Å². The second-order valence-corrected chi connectivity index (χ2v) is 4.37. The Bertz CT molecular complexity index is 355. The first-order chi connectivity index (χ1) is 6.86. The van der Waals surface area contributed by atoms with E-state index in [1.165, 1.54) is 36.2 Å². The topological polar surface area (TPSA) is 15.3 Å². The molecular weight excluding hydrogens is 172 g/mol. The third-order valence-corrected chi connectivity index (χ3v) is 3.31. The molecule has 0 unspecified atom stereocenters. The fourth-order valence-corrected chi connectivity index (χ4v) is 2.27. The third kappa shape index (κ3) is 1.30. The quantitative estimate of drug-likeness (QED) is 0.765. The highest BCUT2D eigenvalue weighted by Crippen LogP contribution is 2.35. The summed E-state index contributed by atoms with van der Waals surface area (Å²) in [6, 6.07) is 7.62. The van der Waals surface area contributed by atoms with Crippen LogP contribution in [0.25, 0.3) is 0 Å². The van der Waals surface area contributed by atoms with Gasteiger partial charge in [0.05, 0.1) is 0 Å². The van der Waals surface area contributed by atoms with Crippen molar-refractivity contribution in [3.05, 3.63) is 29.3 Å². The van der Waals surface area contributed by atoms with E-state index in [2.05, 4.69) is 28.4 Å². The number of hydrogen-bond donors (Lipinski definition) is 1. The molecule has 1 aliphatic carbocycles. The summed E-state index contributed by atoms with van der Waals surface area (Å²) in [4.78, 5) is 2.60. The van der Waals surface area contributed by atoms with Gasteiger partial charge >= 0.3 is 0 Å². The zero-order valence-corrected chi connectivity index (χ0v) is 8.59. The number of fused-ring (bicyclic) bond motifs is 1. The summed E-state index contributed by atoms with van der Waals surface area (Å²) in [6.07, 6.45) is 2.82. The Morgan fingerprint density at radius 3 is 2.71 bits per heavy atom.